The minimum absolute atomic E-state index is 0.0438. The van der Waals surface area contributed by atoms with Crippen LogP contribution in [-0.4, -0.2) is 61.2 Å². The van der Waals surface area contributed by atoms with Crippen LogP contribution in [0.4, 0.5) is 11.4 Å². The predicted molar refractivity (Wildman–Crippen MR) is 138 cm³/mol. The first-order chi connectivity index (χ1) is 18.2. The lowest BCUT2D eigenvalue weighted by Crippen LogP contribution is -2.38. The fourth-order valence-electron chi connectivity index (χ4n) is 3.51. The van der Waals surface area contributed by atoms with Gasteiger partial charge in [0.2, 0.25) is 5.91 Å². The Bertz CT molecular complexity index is 1440. The first-order valence-corrected chi connectivity index (χ1v) is 12.5. The number of methoxy groups -OCH3 is 4. The zero-order valence-electron chi connectivity index (χ0n) is 21.1. The molecule has 12 heteroatoms. The van der Waals surface area contributed by atoms with Crippen molar-refractivity contribution in [3.8, 4) is 11.5 Å². The highest BCUT2D eigenvalue weighted by molar-refractivity contribution is 7.92. The van der Waals surface area contributed by atoms with Gasteiger partial charge in [0.1, 0.15) is 18.0 Å². The normalized spacial score (nSPS) is 10.7. The van der Waals surface area contributed by atoms with Crippen molar-refractivity contribution >= 4 is 39.2 Å². The average molecular weight is 543 g/mol. The number of rotatable bonds is 10. The maximum Gasteiger partial charge on any atom is 0.339 e. The molecule has 0 fully saturated rings. The van der Waals surface area contributed by atoms with E-state index in [-0.39, 0.29) is 33.1 Å². The summed E-state index contributed by atoms with van der Waals surface area (Å²) in [5.41, 5.74) is -0.0228. The van der Waals surface area contributed by atoms with E-state index >= 15 is 0 Å². The number of hydrogen-bond acceptors (Lipinski definition) is 9. The zero-order valence-corrected chi connectivity index (χ0v) is 21.9. The number of carbonyl (C=O) groups excluding carboxylic acids is 3. The molecule has 0 radical (unpaired) electrons. The Morgan fingerprint density at radius 2 is 1.50 bits per heavy atom. The number of sulfonamides is 1. The summed E-state index contributed by atoms with van der Waals surface area (Å²) in [6, 6.07) is 15.9. The van der Waals surface area contributed by atoms with Crippen molar-refractivity contribution in [2.45, 2.75) is 4.90 Å². The third kappa shape index (κ3) is 6.03. The molecule has 0 heterocycles. The molecule has 0 aliphatic heterocycles. The molecule has 1 N–H and O–H groups in total. The van der Waals surface area contributed by atoms with Crippen LogP contribution in [0.3, 0.4) is 0 Å². The maximum absolute atomic E-state index is 13.7. The molecule has 0 aliphatic carbocycles. The van der Waals surface area contributed by atoms with E-state index in [0.717, 1.165) is 11.4 Å². The van der Waals surface area contributed by atoms with E-state index in [4.69, 9.17) is 18.9 Å². The number of esters is 2. The molecule has 0 aliphatic rings. The predicted octanol–water partition coefficient (Wildman–Crippen LogP) is 3.11. The van der Waals surface area contributed by atoms with Gasteiger partial charge in [-0.25, -0.2) is 18.0 Å². The summed E-state index contributed by atoms with van der Waals surface area (Å²) in [6.45, 7) is -0.718. The number of hydrogen-bond donors (Lipinski definition) is 1. The van der Waals surface area contributed by atoms with Gasteiger partial charge in [-0.15, -0.1) is 0 Å². The van der Waals surface area contributed by atoms with Gasteiger partial charge >= 0.3 is 11.9 Å². The van der Waals surface area contributed by atoms with Crippen molar-refractivity contribution in [1.82, 2.24) is 0 Å². The van der Waals surface area contributed by atoms with Gasteiger partial charge in [-0.2, -0.15) is 0 Å². The molecule has 3 aromatic rings. The van der Waals surface area contributed by atoms with Gasteiger partial charge in [0, 0.05) is 6.07 Å². The molecular formula is C26H26N2O9S. The van der Waals surface area contributed by atoms with E-state index in [9.17, 15) is 22.8 Å². The fourth-order valence-corrected chi connectivity index (χ4v) is 4.96. The first-order valence-electron chi connectivity index (χ1n) is 11.1. The summed E-state index contributed by atoms with van der Waals surface area (Å²) in [6.07, 6.45) is 0. The molecule has 3 aromatic carbocycles. The summed E-state index contributed by atoms with van der Waals surface area (Å²) >= 11 is 0. The second kappa shape index (κ2) is 12.1. The van der Waals surface area contributed by atoms with E-state index in [1.807, 2.05) is 0 Å². The Labute approximate surface area is 219 Å². The van der Waals surface area contributed by atoms with Crippen molar-refractivity contribution < 1.29 is 41.7 Å². The van der Waals surface area contributed by atoms with Gasteiger partial charge in [0.05, 0.1) is 55.8 Å². The SMILES string of the molecule is COC(=O)c1ccc(C(=O)OC)c(NC(=O)CN(c2cc(OC)ccc2OC)S(=O)(=O)c2ccccc2)c1. The summed E-state index contributed by atoms with van der Waals surface area (Å²) in [5.74, 6) is -1.80. The molecule has 0 saturated heterocycles. The Morgan fingerprint density at radius 3 is 2.11 bits per heavy atom. The van der Waals surface area contributed by atoms with Crippen LogP contribution in [0.15, 0.2) is 71.6 Å². The van der Waals surface area contributed by atoms with Gasteiger partial charge in [0.15, 0.2) is 0 Å². The van der Waals surface area contributed by atoms with Gasteiger partial charge < -0.3 is 24.3 Å². The molecule has 0 bridgehead atoms. The van der Waals surface area contributed by atoms with Crippen LogP contribution in [0.1, 0.15) is 20.7 Å². The molecule has 0 spiro atoms. The van der Waals surface area contributed by atoms with Crippen LogP contribution in [-0.2, 0) is 24.3 Å². The largest absolute Gasteiger partial charge is 0.497 e. The third-order valence-electron chi connectivity index (χ3n) is 5.39. The maximum atomic E-state index is 13.7. The van der Waals surface area contributed by atoms with Crippen LogP contribution >= 0.6 is 0 Å². The second-order valence-electron chi connectivity index (χ2n) is 7.65. The Kier molecular flexibility index (Phi) is 8.92. The monoisotopic (exact) mass is 542 g/mol. The summed E-state index contributed by atoms with van der Waals surface area (Å²) in [5, 5.41) is 2.51. The quantitative estimate of drug-likeness (QED) is 0.383. The third-order valence-corrected chi connectivity index (χ3v) is 7.17. The smallest absolute Gasteiger partial charge is 0.339 e. The number of anilines is 2. The van der Waals surface area contributed by atoms with Crippen molar-refractivity contribution in [2.24, 2.45) is 0 Å². The van der Waals surface area contributed by atoms with Gasteiger partial charge in [-0.3, -0.25) is 9.10 Å². The lowest BCUT2D eigenvalue weighted by atomic mass is 10.1. The molecule has 1 amide bonds. The lowest BCUT2D eigenvalue weighted by Gasteiger charge is -2.26. The van der Waals surface area contributed by atoms with Gasteiger partial charge in [-0.1, -0.05) is 18.2 Å². The molecule has 0 saturated carbocycles. The number of benzene rings is 3. The number of nitrogens with one attached hydrogen (secondary N) is 1. The Morgan fingerprint density at radius 1 is 0.816 bits per heavy atom. The van der Waals surface area contributed by atoms with Crippen LogP contribution < -0.4 is 19.1 Å². The molecule has 3 rings (SSSR count). The molecular weight excluding hydrogens is 516 g/mol. The van der Waals surface area contributed by atoms with Crippen LogP contribution in [0.25, 0.3) is 0 Å². The fraction of sp³-hybridized carbons (Fsp3) is 0.192. The van der Waals surface area contributed by atoms with E-state index in [1.54, 1.807) is 24.3 Å². The van der Waals surface area contributed by atoms with E-state index in [0.29, 0.717) is 5.75 Å². The zero-order chi connectivity index (χ0) is 27.9. The number of ether oxygens (including phenoxy) is 4. The average Bonchev–Trinajstić information content (AvgIpc) is 2.95. The highest BCUT2D eigenvalue weighted by Gasteiger charge is 2.30. The van der Waals surface area contributed by atoms with Crippen molar-refractivity contribution in [1.29, 1.82) is 0 Å². The first kappa shape index (κ1) is 28.0. The number of amides is 1. The molecule has 200 valence electrons. The second-order valence-corrected chi connectivity index (χ2v) is 9.52. The van der Waals surface area contributed by atoms with Crippen molar-refractivity contribution in [3.05, 3.63) is 77.9 Å². The number of carbonyl (C=O) groups is 3. The van der Waals surface area contributed by atoms with Gasteiger partial charge in [0.25, 0.3) is 10.0 Å². The van der Waals surface area contributed by atoms with Crippen LogP contribution in [0, 0.1) is 0 Å². The highest BCUT2D eigenvalue weighted by Crippen LogP contribution is 2.35. The Hall–Kier alpha value is -4.58. The van der Waals surface area contributed by atoms with E-state index in [1.165, 1.54) is 63.8 Å². The topological polar surface area (TPSA) is 138 Å². The summed E-state index contributed by atoms with van der Waals surface area (Å²) in [4.78, 5) is 37.5. The molecule has 0 aromatic heterocycles. The lowest BCUT2D eigenvalue weighted by molar-refractivity contribution is -0.114. The van der Waals surface area contributed by atoms with Crippen LogP contribution in [0.2, 0.25) is 0 Å². The molecule has 0 unspecified atom stereocenters. The number of nitrogens with zero attached hydrogens (tertiary/aromatic N) is 1. The van der Waals surface area contributed by atoms with Crippen LogP contribution in [0.5, 0.6) is 11.5 Å². The molecule has 38 heavy (non-hydrogen) atoms. The molecule has 11 nitrogen and oxygen atoms in total. The minimum Gasteiger partial charge on any atom is -0.497 e. The Balaban J connectivity index is 2.08. The van der Waals surface area contributed by atoms with Crippen molar-refractivity contribution in [2.75, 3.05) is 44.6 Å². The standard InChI is InChI=1S/C26H26N2O9S/c1-34-18-11-13-23(35-2)22(15-18)28(38(32,33)19-8-6-5-7-9-19)16-24(29)27-21-14-17(25(30)36-3)10-12-20(21)26(31)37-4/h5-15H,16H2,1-4H3,(H,27,29). The van der Waals surface area contributed by atoms with Crippen molar-refractivity contribution in [3.63, 3.8) is 0 Å². The van der Waals surface area contributed by atoms with E-state index in [2.05, 4.69) is 5.32 Å². The highest BCUT2D eigenvalue weighted by atomic mass is 32.2. The molecule has 0 atom stereocenters. The van der Waals surface area contributed by atoms with E-state index < -0.39 is 34.4 Å². The summed E-state index contributed by atoms with van der Waals surface area (Å²) in [7, 11) is 0.831. The minimum atomic E-state index is -4.28. The van der Waals surface area contributed by atoms with Gasteiger partial charge in [-0.05, 0) is 42.5 Å². The summed E-state index contributed by atoms with van der Waals surface area (Å²) < 4.78 is 48.4.